The zero-order valence-corrected chi connectivity index (χ0v) is 14.0. The standard InChI is InChI=1S/C11H13BrN2O5S2/c12-9-8(4-7(20-9)11(16)17)21(18,19)14-3-1-2-6(5-14)10(13)15/h4,6H,1-3,5H2,(H2,13,15)(H,16,17). The van der Waals surface area contributed by atoms with Gasteiger partial charge < -0.3 is 10.8 Å². The number of piperidine rings is 1. The second kappa shape index (κ2) is 6.03. The van der Waals surface area contributed by atoms with E-state index < -0.39 is 27.8 Å². The molecule has 10 heteroatoms. The van der Waals surface area contributed by atoms with E-state index in [0.29, 0.717) is 12.8 Å². The molecule has 0 aliphatic carbocycles. The summed E-state index contributed by atoms with van der Waals surface area (Å²) < 4.78 is 26.6. The summed E-state index contributed by atoms with van der Waals surface area (Å²) >= 11 is 3.93. The zero-order valence-electron chi connectivity index (χ0n) is 10.8. The van der Waals surface area contributed by atoms with Crippen molar-refractivity contribution in [1.29, 1.82) is 0 Å². The fourth-order valence-electron chi connectivity index (χ4n) is 2.17. The highest BCUT2D eigenvalue weighted by Crippen LogP contribution is 2.34. The highest BCUT2D eigenvalue weighted by atomic mass is 79.9. The Morgan fingerprint density at radius 2 is 2.14 bits per heavy atom. The summed E-state index contributed by atoms with van der Waals surface area (Å²) in [6, 6.07) is 1.13. The molecular formula is C11H13BrN2O5S2. The number of carboxylic acid groups (broad SMARTS) is 1. The van der Waals surface area contributed by atoms with Crippen molar-refractivity contribution in [2.45, 2.75) is 17.7 Å². The first-order valence-corrected chi connectivity index (χ1v) is 9.10. The summed E-state index contributed by atoms with van der Waals surface area (Å²) in [5, 5.41) is 8.93. The minimum atomic E-state index is -3.85. The predicted molar refractivity (Wildman–Crippen MR) is 79.7 cm³/mol. The van der Waals surface area contributed by atoms with Crippen LogP contribution in [0.2, 0.25) is 0 Å². The Balaban J connectivity index is 2.33. The third kappa shape index (κ3) is 3.28. The molecule has 0 radical (unpaired) electrons. The summed E-state index contributed by atoms with van der Waals surface area (Å²) in [6.45, 7) is 0.319. The van der Waals surface area contributed by atoms with Gasteiger partial charge in [0.1, 0.15) is 9.77 Å². The molecule has 1 aromatic heterocycles. The SMILES string of the molecule is NC(=O)C1CCCN(S(=O)(=O)c2cc(C(=O)O)sc2Br)C1. The number of carboxylic acids is 1. The van der Waals surface area contributed by atoms with Crippen LogP contribution in [0.3, 0.4) is 0 Å². The lowest BCUT2D eigenvalue weighted by molar-refractivity contribution is -0.122. The maximum absolute atomic E-state index is 12.6. The molecular weight excluding hydrogens is 384 g/mol. The van der Waals surface area contributed by atoms with Crippen molar-refractivity contribution in [3.63, 3.8) is 0 Å². The molecule has 1 aliphatic rings. The van der Waals surface area contributed by atoms with Crippen molar-refractivity contribution in [2.75, 3.05) is 13.1 Å². The van der Waals surface area contributed by atoms with Crippen LogP contribution < -0.4 is 5.73 Å². The van der Waals surface area contributed by atoms with Gasteiger partial charge >= 0.3 is 5.97 Å². The van der Waals surface area contributed by atoms with Crippen molar-refractivity contribution in [1.82, 2.24) is 4.31 Å². The maximum Gasteiger partial charge on any atom is 0.345 e. The number of hydrogen-bond acceptors (Lipinski definition) is 5. The van der Waals surface area contributed by atoms with Gasteiger partial charge in [0.25, 0.3) is 0 Å². The van der Waals surface area contributed by atoms with Crippen LogP contribution in [-0.4, -0.2) is 42.8 Å². The molecule has 1 aliphatic heterocycles. The number of carbonyl (C=O) groups is 2. The number of aromatic carboxylic acids is 1. The smallest absolute Gasteiger partial charge is 0.345 e. The van der Waals surface area contributed by atoms with E-state index in [9.17, 15) is 18.0 Å². The van der Waals surface area contributed by atoms with Gasteiger partial charge in [0.05, 0.1) is 9.70 Å². The molecule has 1 saturated heterocycles. The molecule has 0 spiro atoms. The number of primary amides is 1. The van der Waals surface area contributed by atoms with Crippen molar-refractivity contribution < 1.29 is 23.1 Å². The van der Waals surface area contributed by atoms with Crippen molar-refractivity contribution in [3.8, 4) is 0 Å². The molecule has 1 aromatic rings. The Kier molecular flexibility index (Phi) is 4.71. The summed E-state index contributed by atoms with van der Waals surface area (Å²) in [6.07, 6.45) is 1.10. The van der Waals surface area contributed by atoms with Crippen LogP contribution in [-0.2, 0) is 14.8 Å². The largest absolute Gasteiger partial charge is 0.477 e. The average Bonchev–Trinajstić information content (AvgIpc) is 2.82. The molecule has 0 bridgehead atoms. The number of carbonyl (C=O) groups excluding carboxylic acids is 1. The van der Waals surface area contributed by atoms with E-state index in [0.717, 1.165) is 17.4 Å². The summed E-state index contributed by atoms with van der Waals surface area (Å²) in [7, 11) is -3.85. The number of thiophene rings is 1. The Hall–Kier alpha value is -0.970. The molecule has 0 saturated carbocycles. The van der Waals surface area contributed by atoms with E-state index in [1.54, 1.807) is 0 Å². The number of sulfonamides is 1. The first-order valence-electron chi connectivity index (χ1n) is 6.05. The van der Waals surface area contributed by atoms with Crippen LogP contribution in [0.15, 0.2) is 14.7 Å². The minimum Gasteiger partial charge on any atom is -0.477 e. The molecule has 0 aromatic carbocycles. The van der Waals surface area contributed by atoms with Gasteiger partial charge in [0.2, 0.25) is 15.9 Å². The lowest BCUT2D eigenvalue weighted by Crippen LogP contribution is -2.44. The topological polar surface area (TPSA) is 118 Å². The number of halogens is 1. The molecule has 1 atom stereocenters. The Morgan fingerprint density at radius 1 is 1.48 bits per heavy atom. The molecule has 1 unspecified atom stereocenters. The number of nitrogens with two attached hydrogens (primary N) is 1. The third-order valence-corrected chi connectivity index (χ3v) is 7.38. The summed E-state index contributed by atoms with van der Waals surface area (Å²) in [5.74, 6) is -2.22. The van der Waals surface area contributed by atoms with Gasteiger partial charge in [-0.15, -0.1) is 11.3 Å². The summed E-state index contributed by atoms with van der Waals surface area (Å²) in [4.78, 5) is 22.0. The van der Waals surface area contributed by atoms with Gasteiger partial charge in [-0.1, -0.05) is 0 Å². The molecule has 3 N–H and O–H groups in total. The van der Waals surface area contributed by atoms with Gasteiger partial charge in [0.15, 0.2) is 0 Å². The lowest BCUT2D eigenvalue weighted by Gasteiger charge is -2.30. The quantitative estimate of drug-likeness (QED) is 0.789. The molecule has 1 amide bonds. The van der Waals surface area contributed by atoms with Gasteiger partial charge in [-0.25, -0.2) is 13.2 Å². The van der Waals surface area contributed by atoms with Gasteiger partial charge in [-0.2, -0.15) is 4.31 Å². The normalized spacial score (nSPS) is 20.3. The second-order valence-corrected chi connectivity index (χ2v) is 8.93. The zero-order chi connectivity index (χ0) is 15.8. The molecule has 2 heterocycles. The van der Waals surface area contributed by atoms with Gasteiger partial charge in [-0.3, -0.25) is 4.79 Å². The van der Waals surface area contributed by atoms with E-state index in [1.165, 1.54) is 4.31 Å². The van der Waals surface area contributed by atoms with Crippen molar-refractivity contribution in [3.05, 3.63) is 14.7 Å². The third-order valence-electron chi connectivity index (χ3n) is 3.27. The van der Waals surface area contributed by atoms with Gasteiger partial charge in [-0.05, 0) is 34.8 Å². The average molecular weight is 397 g/mol. The van der Waals surface area contributed by atoms with E-state index in [-0.39, 0.29) is 26.6 Å². The predicted octanol–water partition coefficient (Wildman–Crippen LogP) is 1.09. The Morgan fingerprint density at radius 3 is 2.67 bits per heavy atom. The van der Waals surface area contributed by atoms with Crippen LogP contribution >= 0.6 is 27.3 Å². The number of hydrogen-bond donors (Lipinski definition) is 2. The molecule has 2 rings (SSSR count). The van der Waals surface area contributed by atoms with Crippen LogP contribution in [0.25, 0.3) is 0 Å². The van der Waals surface area contributed by atoms with E-state index in [4.69, 9.17) is 10.8 Å². The fraction of sp³-hybridized carbons (Fsp3) is 0.455. The highest BCUT2D eigenvalue weighted by Gasteiger charge is 2.34. The van der Waals surface area contributed by atoms with Crippen molar-refractivity contribution >= 4 is 49.2 Å². The van der Waals surface area contributed by atoms with Crippen LogP contribution in [0, 0.1) is 5.92 Å². The first kappa shape index (κ1) is 16.4. The van der Waals surface area contributed by atoms with Crippen LogP contribution in [0.4, 0.5) is 0 Å². The number of rotatable bonds is 4. The van der Waals surface area contributed by atoms with E-state index in [2.05, 4.69) is 15.9 Å². The number of amides is 1. The summed E-state index contributed by atoms with van der Waals surface area (Å²) in [5.41, 5.74) is 5.24. The first-order chi connectivity index (χ1) is 9.73. The Labute approximate surface area is 133 Å². The number of nitrogens with zero attached hydrogens (tertiary/aromatic N) is 1. The maximum atomic E-state index is 12.6. The highest BCUT2D eigenvalue weighted by molar-refractivity contribution is 9.11. The molecule has 1 fully saturated rings. The van der Waals surface area contributed by atoms with E-state index in [1.807, 2.05) is 0 Å². The molecule has 21 heavy (non-hydrogen) atoms. The van der Waals surface area contributed by atoms with Gasteiger partial charge in [0, 0.05) is 13.1 Å². The lowest BCUT2D eigenvalue weighted by atomic mass is 9.99. The van der Waals surface area contributed by atoms with Crippen LogP contribution in [0.1, 0.15) is 22.5 Å². The van der Waals surface area contributed by atoms with Crippen LogP contribution in [0.5, 0.6) is 0 Å². The minimum absolute atomic E-state index is 0.0301. The monoisotopic (exact) mass is 396 g/mol. The molecule has 7 nitrogen and oxygen atoms in total. The molecule has 116 valence electrons. The fourth-order valence-corrected chi connectivity index (χ4v) is 6.04. The second-order valence-electron chi connectivity index (χ2n) is 4.66. The Bertz CT molecular complexity index is 685. The van der Waals surface area contributed by atoms with E-state index >= 15 is 0 Å². The van der Waals surface area contributed by atoms with Crippen molar-refractivity contribution in [2.24, 2.45) is 11.7 Å².